The molecule has 1 saturated heterocycles. The number of urea groups is 1. The first-order chi connectivity index (χ1) is 14.7. The molecule has 1 N–H and O–H groups in total. The third-order valence-corrected chi connectivity index (χ3v) is 6.06. The number of hydrogen-bond acceptors (Lipinski definition) is 3. The molecule has 0 bridgehead atoms. The van der Waals surface area contributed by atoms with Crippen molar-refractivity contribution in [3.05, 3.63) is 88.2 Å². The van der Waals surface area contributed by atoms with Crippen LogP contribution in [0.3, 0.4) is 0 Å². The smallest absolute Gasteiger partial charge is 0.319 e. The lowest BCUT2D eigenvalue weighted by Gasteiger charge is -2.23. The van der Waals surface area contributed by atoms with Crippen LogP contribution in [-0.2, 0) is 10.3 Å². The number of carbonyl (C=O) groups excluding carboxylic acids is 3. The van der Waals surface area contributed by atoms with Gasteiger partial charge in [0.15, 0.2) is 5.78 Å². The zero-order valence-corrected chi connectivity index (χ0v) is 18.2. The van der Waals surface area contributed by atoms with E-state index in [1.165, 1.54) is 0 Å². The Morgan fingerprint density at radius 3 is 2.35 bits per heavy atom. The van der Waals surface area contributed by atoms with Crippen LogP contribution >= 0.6 is 11.6 Å². The van der Waals surface area contributed by atoms with Gasteiger partial charge in [0.25, 0.3) is 5.91 Å². The molecule has 0 aliphatic carbocycles. The number of nitrogens with one attached hydrogen (secondary N) is 1. The minimum Gasteiger partial charge on any atom is -0.319 e. The summed E-state index contributed by atoms with van der Waals surface area (Å²) in [6.07, 6.45) is 0. The first-order valence-corrected chi connectivity index (χ1v) is 10.3. The summed E-state index contributed by atoms with van der Waals surface area (Å²) in [6, 6.07) is 17.7. The predicted molar refractivity (Wildman–Crippen MR) is 119 cm³/mol. The number of Topliss-reactive ketones (excluding diaryl/α,β-unsaturated/α-hetero) is 1. The van der Waals surface area contributed by atoms with Crippen molar-refractivity contribution < 1.29 is 14.4 Å². The van der Waals surface area contributed by atoms with E-state index in [2.05, 4.69) is 5.32 Å². The number of carbonyl (C=O) groups is 3. The van der Waals surface area contributed by atoms with Gasteiger partial charge in [-0.2, -0.15) is 0 Å². The van der Waals surface area contributed by atoms with Crippen molar-refractivity contribution in [3.8, 4) is 5.69 Å². The number of halogens is 1. The molecule has 3 aromatic rings. The zero-order valence-electron chi connectivity index (χ0n) is 17.5. The highest BCUT2D eigenvalue weighted by atomic mass is 35.5. The van der Waals surface area contributed by atoms with Crippen molar-refractivity contribution in [3.63, 3.8) is 0 Å². The summed E-state index contributed by atoms with van der Waals surface area (Å²) in [5, 5.41) is 3.07. The molecule has 3 amide bonds. The Labute approximate surface area is 185 Å². The van der Waals surface area contributed by atoms with Crippen molar-refractivity contribution >= 4 is 29.3 Å². The molecule has 1 fully saturated rings. The highest BCUT2D eigenvalue weighted by Crippen LogP contribution is 2.33. The van der Waals surface area contributed by atoms with Crippen LogP contribution in [0.1, 0.15) is 34.2 Å². The van der Waals surface area contributed by atoms with Crippen LogP contribution in [0.4, 0.5) is 4.79 Å². The minimum atomic E-state index is -1.32. The number of rotatable bonds is 5. The number of benzene rings is 2. The molecule has 31 heavy (non-hydrogen) atoms. The Morgan fingerprint density at radius 2 is 1.68 bits per heavy atom. The monoisotopic (exact) mass is 435 g/mol. The normalized spacial score (nSPS) is 18.4. The average molecular weight is 436 g/mol. The number of ketones is 1. The molecule has 4 rings (SSSR count). The predicted octanol–water partition coefficient (Wildman–Crippen LogP) is 4.40. The first kappa shape index (κ1) is 20.9. The van der Waals surface area contributed by atoms with Gasteiger partial charge >= 0.3 is 6.03 Å². The Balaban J connectivity index is 1.62. The molecule has 1 aromatic heterocycles. The number of imide groups is 1. The quantitative estimate of drug-likeness (QED) is 0.477. The summed E-state index contributed by atoms with van der Waals surface area (Å²) in [5.74, 6) is -0.807. The lowest BCUT2D eigenvalue weighted by atomic mass is 9.92. The molecule has 1 unspecified atom stereocenters. The van der Waals surface area contributed by atoms with Crippen molar-refractivity contribution in [1.82, 2.24) is 14.8 Å². The second-order valence-corrected chi connectivity index (χ2v) is 8.21. The molecule has 0 spiro atoms. The fraction of sp³-hybridized carbons (Fsp3) is 0.208. The maximum absolute atomic E-state index is 13.2. The second-order valence-electron chi connectivity index (χ2n) is 7.81. The largest absolute Gasteiger partial charge is 0.325 e. The Hall–Kier alpha value is -3.38. The van der Waals surface area contributed by atoms with Crippen LogP contribution in [0, 0.1) is 13.8 Å². The molecule has 7 heteroatoms. The van der Waals surface area contributed by atoms with Gasteiger partial charge in [0, 0.05) is 33.2 Å². The number of aryl methyl sites for hydroxylation is 1. The summed E-state index contributed by atoms with van der Waals surface area (Å²) in [6.45, 7) is 5.02. The topological polar surface area (TPSA) is 71.4 Å². The van der Waals surface area contributed by atoms with E-state index in [0.717, 1.165) is 22.0 Å². The van der Waals surface area contributed by atoms with Crippen molar-refractivity contribution in [2.24, 2.45) is 0 Å². The van der Waals surface area contributed by atoms with Gasteiger partial charge in [-0.3, -0.25) is 14.5 Å². The van der Waals surface area contributed by atoms with Crippen molar-refractivity contribution in [1.29, 1.82) is 0 Å². The summed E-state index contributed by atoms with van der Waals surface area (Å²) >= 11 is 6.26. The van der Waals surface area contributed by atoms with Gasteiger partial charge < -0.3 is 9.88 Å². The molecule has 2 heterocycles. The lowest BCUT2D eigenvalue weighted by Crippen LogP contribution is -2.41. The third kappa shape index (κ3) is 3.43. The molecular formula is C24H22ClN3O3. The van der Waals surface area contributed by atoms with Crippen molar-refractivity contribution in [2.75, 3.05) is 6.54 Å². The third-order valence-electron chi connectivity index (χ3n) is 5.74. The Kier molecular flexibility index (Phi) is 5.19. The van der Waals surface area contributed by atoms with E-state index in [0.29, 0.717) is 16.1 Å². The van der Waals surface area contributed by atoms with Crippen LogP contribution in [0.25, 0.3) is 5.69 Å². The molecule has 158 valence electrons. The summed E-state index contributed by atoms with van der Waals surface area (Å²) in [5.41, 5.74) is 2.24. The summed E-state index contributed by atoms with van der Waals surface area (Å²) < 4.78 is 1.98. The van der Waals surface area contributed by atoms with Gasteiger partial charge in [-0.1, -0.05) is 48.0 Å². The fourth-order valence-corrected chi connectivity index (χ4v) is 4.46. The number of aromatic nitrogens is 1. The fourth-order valence-electron chi connectivity index (χ4n) is 4.14. The molecule has 1 atom stereocenters. The maximum Gasteiger partial charge on any atom is 0.325 e. The number of hydrogen-bond donors (Lipinski definition) is 1. The molecule has 1 aliphatic rings. The molecular weight excluding hydrogens is 414 g/mol. The number of para-hydroxylation sites is 1. The van der Waals surface area contributed by atoms with Gasteiger partial charge in [0.05, 0.1) is 6.54 Å². The number of amides is 3. The van der Waals surface area contributed by atoms with Crippen LogP contribution in [0.15, 0.2) is 60.7 Å². The van der Waals surface area contributed by atoms with E-state index in [4.69, 9.17) is 11.6 Å². The van der Waals surface area contributed by atoms with Crippen LogP contribution < -0.4 is 5.32 Å². The van der Waals surface area contributed by atoms with Crippen LogP contribution in [-0.4, -0.2) is 33.7 Å². The highest BCUT2D eigenvalue weighted by Gasteiger charge is 2.50. The highest BCUT2D eigenvalue weighted by molar-refractivity contribution is 6.32. The molecule has 0 radical (unpaired) electrons. The first-order valence-electron chi connectivity index (χ1n) is 9.90. The van der Waals surface area contributed by atoms with E-state index in [1.54, 1.807) is 37.3 Å². The molecule has 1 aliphatic heterocycles. The SMILES string of the molecule is Cc1cc(C(=O)CN2C(=O)NC(C)(c3ccccc3Cl)C2=O)c(C)n1-c1ccccc1. The van der Waals surface area contributed by atoms with Gasteiger partial charge in [0.1, 0.15) is 5.54 Å². The number of nitrogens with zero attached hydrogens (tertiary/aromatic N) is 2. The molecule has 0 saturated carbocycles. The van der Waals surface area contributed by atoms with Gasteiger partial charge in [-0.15, -0.1) is 0 Å². The lowest BCUT2D eigenvalue weighted by molar-refractivity contribution is -0.130. The van der Waals surface area contributed by atoms with E-state index < -0.39 is 17.5 Å². The van der Waals surface area contributed by atoms with Gasteiger partial charge in [-0.25, -0.2) is 4.79 Å². The minimum absolute atomic E-state index is 0.304. The van der Waals surface area contributed by atoms with E-state index in [-0.39, 0.29) is 12.3 Å². The zero-order chi connectivity index (χ0) is 22.3. The van der Waals surface area contributed by atoms with E-state index >= 15 is 0 Å². The van der Waals surface area contributed by atoms with Crippen LogP contribution in [0.2, 0.25) is 5.02 Å². The second kappa shape index (κ2) is 7.71. The summed E-state index contributed by atoms with van der Waals surface area (Å²) in [7, 11) is 0. The van der Waals surface area contributed by atoms with Crippen LogP contribution in [0.5, 0.6) is 0 Å². The standard InChI is InChI=1S/C24H22ClN3O3/c1-15-13-18(16(2)28(15)17-9-5-4-6-10-17)21(29)14-27-22(30)24(3,26-23(27)31)19-11-7-8-12-20(19)25/h4-13H,14H2,1-3H3,(H,26,31). The Bertz CT molecular complexity index is 1200. The average Bonchev–Trinajstić information content (AvgIpc) is 3.16. The van der Waals surface area contributed by atoms with Crippen molar-refractivity contribution in [2.45, 2.75) is 26.3 Å². The Morgan fingerprint density at radius 1 is 1.03 bits per heavy atom. The maximum atomic E-state index is 13.2. The van der Waals surface area contributed by atoms with Gasteiger partial charge in [0.2, 0.25) is 0 Å². The van der Waals surface area contributed by atoms with E-state index in [1.807, 2.05) is 48.7 Å². The molecule has 6 nitrogen and oxygen atoms in total. The summed E-state index contributed by atoms with van der Waals surface area (Å²) in [4.78, 5) is 39.9. The van der Waals surface area contributed by atoms with Gasteiger partial charge in [-0.05, 0) is 45.0 Å². The van der Waals surface area contributed by atoms with E-state index in [9.17, 15) is 14.4 Å². The molecule has 2 aromatic carbocycles.